The van der Waals surface area contributed by atoms with Crippen LogP contribution >= 0.6 is 0 Å². The van der Waals surface area contributed by atoms with E-state index in [1.807, 2.05) is 77.4 Å². The zero-order chi connectivity index (χ0) is 52.5. The molecule has 0 unspecified atom stereocenters. The standard InChI is InChI=1S/C61H41N7O/c1-39-32-59(62-37-40(39)2)68-55-27-12-7-22-49(55)50-31-30-44(36-58(50)68)69-43-17-15-16-41(33-43)64-38-65(57-29-14-13-28-56(57)64)42-34-60(66-51-23-8-3-18-45(51)46-19-4-9-24-52(46)66)63-61(35-42)67-53-25-10-5-20-47(53)48-21-6-11-26-54(48)67/h3-37H,1-2H3/i1D3,2D3,32D,37D. The molecule has 0 radical (unpaired) electrons. The Labute approximate surface area is 407 Å². The van der Waals surface area contributed by atoms with Gasteiger partial charge in [-0.3, -0.25) is 22.8 Å². The number of hydrogen-bond donors (Lipinski definition) is 0. The second-order valence-electron chi connectivity index (χ2n) is 17.1. The van der Waals surface area contributed by atoms with Gasteiger partial charge in [0.25, 0.3) is 6.33 Å². The van der Waals surface area contributed by atoms with Crippen molar-refractivity contribution in [2.45, 2.75) is 13.7 Å². The normalized spacial score (nSPS) is 14.0. The summed E-state index contributed by atoms with van der Waals surface area (Å²) in [7, 11) is 0. The molecule has 8 heteroatoms. The highest BCUT2D eigenvalue weighted by atomic mass is 16.5. The van der Waals surface area contributed by atoms with Gasteiger partial charge < -0.3 is 4.74 Å². The first kappa shape index (κ1) is 31.6. The van der Waals surface area contributed by atoms with Crippen molar-refractivity contribution in [2.75, 3.05) is 0 Å². The van der Waals surface area contributed by atoms with E-state index in [0.717, 1.165) is 88.4 Å². The third-order valence-corrected chi connectivity index (χ3v) is 13.2. The van der Waals surface area contributed by atoms with E-state index in [4.69, 9.17) is 19.3 Å². The van der Waals surface area contributed by atoms with Crippen molar-refractivity contribution in [3.8, 4) is 40.3 Å². The lowest BCUT2D eigenvalue weighted by Crippen LogP contribution is -2.30. The molecule has 0 aliphatic carbocycles. The zero-order valence-corrected chi connectivity index (χ0v) is 36.6. The van der Waals surface area contributed by atoms with Crippen LogP contribution in [0.4, 0.5) is 0 Å². The highest BCUT2D eigenvalue weighted by molar-refractivity contribution is 6.11. The van der Waals surface area contributed by atoms with Crippen LogP contribution in [0.25, 0.3) is 105 Å². The first-order valence-corrected chi connectivity index (χ1v) is 22.6. The Morgan fingerprint density at radius 2 is 0.957 bits per heavy atom. The van der Waals surface area contributed by atoms with Crippen LogP contribution in [-0.2, 0) is 0 Å². The molecule has 0 spiro atoms. The minimum Gasteiger partial charge on any atom is -0.458 e. The molecule has 0 N–H and O–H groups in total. The van der Waals surface area contributed by atoms with Crippen molar-refractivity contribution in [2.24, 2.45) is 0 Å². The van der Waals surface area contributed by atoms with Gasteiger partial charge in [-0.05, 0) is 104 Å². The minimum absolute atomic E-state index is 0.179. The van der Waals surface area contributed by atoms with Gasteiger partial charge in [0.05, 0.1) is 58.2 Å². The molecule has 0 aliphatic heterocycles. The fraction of sp³-hybridized carbons (Fsp3) is 0.0328. The fourth-order valence-electron chi connectivity index (χ4n) is 10.2. The van der Waals surface area contributed by atoms with E-state index in [9.17, 15) is 1.37 Å². The average Bonchev–Trinajstić information content (AvgIpc) is 4.36. The van der Waals surface area contributed by atoms with E-state index in [0.29, 0.717) is 22.5 Å². The Morgan fingerprint density at radius 3 is 1.52 bits per heavy atom. The van der Waals surface area contributed by atoms with Gasteiger partial charge in [-0.2, -0.15) is 0 Å². The number of rotatable bonds is 7. The van der Waals surface area contributed by atoms with Crippen molar-refractivity contribution in [1.29, 1.82) is 0 Å². The van der Waals surface area contributed by atoms with Crippen LogP contribution in [0.1, 0.15) is 22.1 Å². The molecule has 8 aromatic carbocycles. The van der Waals surface area contributed by atoms with Crippen LogP contribution in [0.5, 0.6) is 11.5 Å². The SMILES string of the molecule is [2H]c1nc(-n2c3ccccc3c3ccc(Oc4cccc(-n5[c-][n+](-c6cc(-n7c8ccccc8c8ccccc87)nc(-n7c8ccccc8c8ccccc87)c6)c6ccccc65)c4)cc32)c([2H])c(C([2H])([2H])[2H])c1C([2H])([2H])[2H]. The zero-order valence-electron chi connectivity index (χ0n) is 44.6. The van der Waals surface area contributed by atoms with Crippen LogP contribution in [-0.4, -0.2) is 28.2 Å². The Balaban J connectivity index is 0.916. The molecular formula is C61H41N7O. The molecule has 8 nitrogen and oxygen atoms in total. The summed E-state index contributed by atoms with van der Waals surface area (Å²) in [5.74, 6) is 2.23. The molecule has 0 aliphatic rings. The third kappa shape index (κ3) is 6.05. The quantitative estimate of drug-likeness (QED) is 0.118. The first-order chi connectivity index (χ1) is 37.3. The van der Waals surface area contributed by atoms with E-state index in [-0.39, 0.29) is 5.82 Å². The van der Waals surface area contributed by atoms with Gasteiger partial charge in [0.1, 0.15) is 29.0 Å². The van der Waals surface area contributed by atoms with Gasteiger partial charge in [-0.25, -0.2) is 9.97 Å². The Kier molecular flexibility index (Phi) is 6.93. The highest BCUT2D eigenvalue weighted by Crippen LogP contribution is 2.38. The maximum atomic E-state index is 9.18. The van der Waals surface area contributed by atoms with Crippen molar-refractivity contribution in [1.82, 2.24) is 28.2 Å². The topological polar surface area (TPSA) is 58.6 Å². The number of fused-ring (bicyclic) bond motifs is 10. The molecule has 0 saturated carbocycles. The molecule has 0 saturated heterocycles. The van der Waals surface area contributed by atoms with Gasteiger partial charge in [0.15, 0.2) is 0 Å². The summed E-state index contributed by atoms with van der Waals surface area (Å²) in [5.41, 5.74) is 7.14. The molecule has 14 aromatic rings. The largest absolute Gasteiger partial charge is 0.458 e. The summed E-state index contributed by atoms with van der Waals surface area (Å²) in [6, 6.07) is 66.1. The van der Waals surface area contributed by atoms with Gasteiger partial charge in [-0.1, -0.05) is 121 Å². The van der Waals surface area contributed by atoms with Crippen molar-refractivity contribution in [3.05, 3.63) is 230 Å². The van der Waals surface area contributed by atoms with Crippen LogP contribution in [0.3, 0.4) is 0 Å². The molecule has 0 atom stereocenters. The lowest BCUT2D eigenvalue weighted by molar-refractivity contribution is -0.572. The maximum absolute atomic E-state index is 9.18. The van der Waals surface area contributed by atoms with E-state index < -0.39 is 37.0 Å². The van der Waals surface area contributed by atoms with Crippen LogP contribution in [0.15, 0.2) is 212 Å². The molecule has 69 heavy (non-hydrogen) atoms. The fourth-order valence-corrected chi connectivity index (χ4v) is 10.2. The molecule has 6 aromatic heterocycles. The van der Waals surface area contributed by atoms with Crippen LogP contribution in [0, 0.1) is 20.0 Å². The monoisotopic (exact) mass is 895 g/mol. The predicted octanol–water partition coefficient (Wildman–Crippen LogP) is 14.2. The molecule has 0 amide bonds. The van der Waals surface area contributed by atoms with Crippen LogP contribution < -0.4 is 9.30 Å². The summed E-state index contributed by atoms with van der Waals surface area (Å²) in [5, 5.41) is 6.04. The number of aromatic nitrogens is 7. The van der Waals surface area contributed by atoms with Gasteiger partial charge in [0.2, 0.25) is 0 Å². The molecule has 326 valence electrons. The van der Waals surface area contributed by atoms with Crippen molar-refractivity contribution in [3.63, 3.8) is 0 Å². The number of benzene rings is 8. The average molecular weight is 896 g/mol. The number of ether oxygens (including phenoxy) is 1. The summed E-state index contributed by atoms with van der Waals surface area (Å²) < 4.78 is 83.8. The summed E-state index contributed by atoms with van der Waals surface area (Å²) >= 11 is 0. The molecule has 14 rings (SSSR count). The summed E-state index contributed by atoms with van der Waals surface area (Å²) in [6.45, 7) is -6.00. The number of hydrogen-bond acceptors (Lipinski definition) is 3. The molecule has 6 heterocycles. The van der Waals surface area contributed by atoms with Gasteiger partial charge in [-0.15, -0.1) is 0 Å². The Bertz CT molecular complexity index is 4520. The number of para-hydroxylation sites is 7. The third-order valence-electron chi connectivity index (χ3n) is 13.2. The van der Waals surface area contributed by atoms with Crippen molar-refractivity contribution >= 4 is 76.5 Å². The summed E-state index contributed by atoms with van der Waals surface area (Å²) in [4.78, 5) is 9.86. The Morgan fingerprint density at radius 1 is 0.464 bits per heavy atom. The predicted molar refractivity (Wildman–Crippen MR) is 278 cm³/mol. The van der Waals surface area contributed by atoms with Gasteiger partial charge >= 0.3 is 0 Å². The first-order valence-electron chi connectivity index (χ1n) is 26.6. The van der Waals surface area contributed by atoms with Crippen molar-refractivity contribution < 1.29 is 20.3 Å². The number of pyridine rings is 2. The van der Waals surface area contributed by atoms with E-state index in [1.165, 1.54) is 0 Å². The highest BCUT2D eigenvalue weighted by Gasteiger charge is 2.21. The Hall–Kier alpha value is -9.27. The number of imidazole rings is 1. The second-order valence-corrected chi connectivity index (χ2v) is 17.1. The minimum atomic E-state index is -3.01. The lowest BCUT2D eigenvalue weighted by atomic mass is 10.1. The van der Waals surface area contributed by atoms with E-state index in [1.54, 1.807) is 10.6 Å². The lowest BCUT2D eigenvalue weighted by Gasteiger charge is -2.15. The molecule has 0 fully saturated rings. The summed E-state index contributed by atoms with van der Waals surface area (Å²) in [6.07, 6.45) is 2.99. The smallest absolute Gasteiger partial charge is 0.269 e. The van der Waals surface area contributed by atoms with Gasteiger partial charge in [0, 0.05) is 52.8 Å². The molecule has 0 bridgehead atoms. The van der Waals surface area contributed by atoms with E-state index >= 15 is 0 Å². The molecular weight excluding hydrogens is 847 g/mol. The second kappa shape index (κ2) is 15.1. The number of nitrogens with zero attached hydrogens (tertiary/aromatic N) is 7. The van der Waals surface area contributed by atoms with Crippen LogP contribution in [0.2, 0.25) is 0 Å². The van der Waals surface area contributed by atoms with E-state index in [2.05, 4.69) is 146 Å². The maximum Gasteiger partial charge on any atom is 0.269 e.